The van der Waals surface area contributed by atoms with Gasteiger partial charge in [0.1, 0.15) is 6.20 Å². The van der Waals surface area contributed by atoms with Crippen LogP contribution in [0.15, 0.2) is 30.5 Å². The molecule has 0 atom stereocenters. The van der Waals surface area contributed by atoms with Crippen LogP contribution < -0.4 is 10.6 Å². The number of urea groups is 1. The second-order valence-corrected chi connectivity index (χ2v) is 7.38. The van der Waals surface area contributed by atoms with Crippen LogP contribution in [0.3, 0.4) is 0 Å². The number of amides is 3. The fraction of sp³-hybridized carbons (Fsp3) is 0.353. The molecule has 28 heavy (non-hydrogen) atoms. The van der Waals surface area contributed by atoms with Gasteiger partial charge in [-0.05, 0) is 30.4 Å². The minimum atomic E-state index is -0.547. The van der Waals surface area contributed by atoms with Crippen molar-refractivity contribution in [2.45, 2.75) is 6.92 Å². The third-order valence-electron chi connectivity index (χ3n) is 4.25. The normalized spacial score (nSPS) is 14.5. The molecule has 0 aliphatic carbocycles. The smallest absolute Gasteiger partial charge is 0.322 e. The van der Waals surface area contributed by atoms with Gasteiger partial charge >= 0.3 is 11.0 Å². The van der Waals surface area contributed by atoms with Gasteiger partial charge in [-0.25, -0.2) is 9.78 Å². The molecule has 2 aromatic rings. The van der Waals surface area contributed by atoms with Crippen LogP contribution >= 0.6 is 11.3 Å². The fourth-order valence-corrected chi connectivity index (χ4v) is 3.37. The van der Waals surface area contributed by atoms with Crippen molar-refractivity contribution >= 4 is 39.1 Å². The molecule has 1 saturated heterocycles. The highest BCUT2D eigenvalue weighted by Gasteiger charge is 2.23. The summed E-state index contributed by atoms with van der Waals surface area (Å²) in [6.45, 7) is 4.26. The van der Waals surface area contributed by atoms with Crippen molar-refractivity contribution in [2.24, 2.45) is 0 Å². The number of thiazole rings is 1. The van der Waals surface area contributed by atoms with Gasteiger partial charge in [0.25, 0.3) is 0 Å². The molecule has 1 aliphatic heterocycles. The van der Waals surface area contributed by atoms with E-state index in [2.05, 4.69) is 15.6 Å². The highest BCUT2D eigenvalue weighted by atomic mass is 32.1. The lowest BCUT2D eigenvalue weighted by molar-refractivity contribution is -0.380. The average molecular weight is 404 g/mol. The Morgan fingerprint density at radius 1 is 1.18 bits per heavy atom. The lowest BCUT2D eigenvalue weighted by atomic mass is 10.2. The van der Waals surface area contributed by atoms with Crippen LogP contribution in [0.5, 0.6) is 0 Å². The number of nitrogens with zero attached hydrogens (tertiary/aromatic N) is 4. The number of carbonyl (C=O) groups excluding carboxylic acids is 2. The first-order chi connectivity index (χ1) is 13.4. The quantitative estimate of drug-likeness (QED) is 0.582. The minimum absolute atomic E-state index is 0.122. The second kappa shape index (κ2) is 8.76. The second-order valence-electron chi connectivity index (χ2n) is 6.37. The maximum Gasteiger partial charge on any atom is 0.345 e. The van der Waals surface area contributed by atoms with Gasteiger partial charge in [0.05, 0.1) is 11.5 Å². The third-order valence-corrected chi connectivity index (χ3v) is 5.11. The van der Waals surface area contributed by atoms with Crippen molar-refractivity contribution in [2.75, 3.05) is 43.4 Å². The first-order valence-electron chi connectivity index (χ1n) is 8.66. The van der Waals surface area contributed by atoms with E-state index in [0.29, 0.717) is 26.2 Å². The molecular weight excluding hydrogens is 384 g/mol. The molecule has 2 N–H and O–H groups in total. The molecular formula is C17H20N6O4S. The highest BCUT2D eigenvalue weighted by molar-refractivity contribution is 7.18. The Labute approximate surface area is 165 Å². The van der Waals surface area contributed by atoms with Gasteiger partial charge in [-0.3, -0.25) is 19.8 Å². The van der Waals surface area contributed by atoms with E-state index in [4.69, 9.17) is 0 Å². The predicted molar refractivity (Wildman–Crippen MR) is 106 cm³/mol. The number of hydrogen-bond acceptors (Lipinski definition) is 7. The summed E-state index contributed by atoms with van der Waals surface area (Å²) in [4.78, 5) is 42.0. The predicted octanol–water partition coefficient (Wildman–Crippen LogP) is 2.15. The van der Waals surface area contributed by atoms with E-state index >= 15 is 0 Å². The van der Waals surface area contributed by atoms with Gasteiger partial charge in [-0.2, -0.15) is 0 Å². The summed E-state index contributed by atoms with van der Waals surface area (Å²) in [5.41, 5.74) is 1.87. The Morgan fingerprint density at radius 3 is 2.46 bits per heavy atom. The Morgan fingerprint density at radius 2 is 1.86 bits per heavy atom. The molecule has 1 fully saturated rings. The molecule has 3 rings (SSSR count). The topological polar surface area (TPSA) is 121 Å². The number of aryl methyl sites for hydroxylation is 1. The summed E-state index contributed by atoms with van der Waals surface area (Å²) in [5.74, 6) is -0.290. The standard InChI is InChI=1S/C17H20N6O4S/c1-12-2-4-13(5-3-12)19-17(25)22-8-6-21(7-9-22)11-14(24)20-16-18-10-15(28-16)23(26)27/h2-5,10H,6-9,11H2,1H3,(H,19,25)(H,18,20,24). The number of piperazine rings is 1. The average Bonchev–Trinajstić information content (AvgIpc) is 3.13. The Kier molecular flexibility index (Phi) is 6.16. The van der Waals surface area contributed by atoms with Crippen LogP contribution in [-0.4, -0.2) is 64.4 Å². The zero-order valence-electron chi connectivity index (χ0n) is 15.3. The molecule has 0 saturated carbocycles. The minimum Gasteiger partial charge on any atom is -0.322 e. The third kappa shape index (κ3) is 5.24. The van der Waals surface area contributed by atoms with Crippen molar-refractivity contribution in [3.8, 4) is 0 Å². The highest BCUT2D eigenvalue weighted by Crippen LogP contribution is 2.24. The summed E-state index contributed by atoms with van der Waals surface area (Å²) in [7, 11) is 0. The molecule has 148 valence electrons. The van der Waals surface area contributed by atoms with E-state index < -0.39 is 4.92 Å². The van der Waals surface area contributed by atoms with Crippen molar-refractivity contribution in [3.63, 3.8) is 0 Å². The van der Waals surface area contributed by atoms with Crippen LogP contribution in [0, 0.1) is 17.0 Å². The van der Waals surface area contributed by atoms with Crippen molar-refractivity contribution in [1.29, 1.82) is 0 Å². The lowest BCUT2D eigenvalue weighted by Gasteiger charge is -2.34. The first kappa shape index (κ1) is 19.7. The van der Waals surface area contributed by atoms with Gasteiger partial charge in [0.15, 0.2) is 5.13 Å². The molecule has 1 aromatic carbocycles. The molecule has 0 spiro atoms. The van der Waals surface area contributed by atoms with E-state index in [1.54, 1.807) is 4.90 Å². The number of carbonyl (C=O) groups is 2. The lowest BCUT2D eigenvalue weighted by Crippen LogP contribution is -2.51. The Hall–Kier alpha value is -3.05. The van der Waals surface area contributed by atoms with Crippen molar-refractivity contribution < 1.29 is 14.5 Å². The zero-order chi connectivity index (χ0) is 20.1. The molecule has 11 heteroatoms. The van der Waals surface area contributed by atoms with Gasteiger partial charge in [-0.1, -0.05) is 17.7 Å². The monoisotopic (exact) mass is 404 g/mol. The van der Waals surface area contributed by atoms with E-state index in [-0.39, 0.29) is 28.6 Å². The number of benzene rings is 1. The van der Waals surface area contributed by atoms with E-state index in [9.17, 15) is 19.7 Å². The summed E-state index contributed by atoms with van der Waals surface area (Å²) >= 11 is 0.816. The van der Waals surface area contributed by atoms with Gasteiger partial charge in [0, 0.05) is 31.9 Å². The van der Waals surface area contributed by atoms with Crippen LogP contribution in [0.1, 0.15) is 5.56 Å². The van der Waals surface area contributed by atoms with E-state index in [1.165, 1.54) is 0 Å². The summed E-state index contributed by atoms with van der Waals surface area (Å²) < 4.78 is 0. The number of rotatable bonds is 5. The van der Waals surface area contributed by atoms with Gasteiger partial charge in [-0.15, -0.1) is 0 Å². The van der Waals surface area contributed by atoms with E-state index in [1.807, 2.05) is 36.1 Å². The van der Waals surface area contributed by atoms with Crippen LogP contribution in [0.2, 0.25) is 0 Å². The number of nitrogens with one attached hydrogen (secondary N) is 2. The maximum absolute atomic E-state index is 12.3. The molecule has 2 heterocycles. The molecule has 0 unspecified atom stereocenters. The molecule has 10 nitrogen and oxygen atoms in total. The largest absolute Gasteiger partial charge is 0.345 e. The van der Waals surface area contributed by atoms with Gasteiger partial charge < -0.3 is 15.5 Å². The van der Waals surface area contributed by atoms with Gasteiger partial charge in [0.2, 0.25) is 5.91 Å². The van der Waals surface area contributed by atoms with E-state index in [0.717, 1.165) is 28.8 Å². The number of nitro groups is 1. The molecule has 3 amide bonds. The van der Waals surface area contributed by atoms with Crippen molar-refractivity contribution in [1.82, 2.24) is 14.8 Å². The van der Waals surface area contributed by atoms with Crippen molar-refractivity contribution in [3.05, 3.63) is 46.1 Å². The SMILES string of the molecule is Cc1ccc(NC(=O)N2CCN(CC(=O)Nc3ncc([N+](=O)[O-])s3)CC2)cc1. The summed E-state index contributed by atoms with van der Waals surface area (Å²) in [6, 6.07) is 7.42. The zero-order valence-corrected chi connectivity index (χ0v) is 16.1. The van der Waals surface area contributed by atoms with Crippen LogP contribution in [0.25, 0.3) is 0 Å². The molecule has 0 radical (unpaired) electrons. The number of anilines is 2. The Bertz CT molecular complexity index is 861. The first-order valence-corrected chi connectivity index (χ1v) is 9.47. The number of hydrogen-bond donors (Lipinski definition) is 2. The summed E-state index contributed by atoms with van der Waals surface area (Å²) in [6.07, 6.45) is 1.12. The Balaban J connectivity index is 1.42. The maximum atomic E-state index is 12.3. The molecule has 1 aliphatic rings. The molecule has 1 aromatic heterocycles. The molecule has 0 bridgehead atoms. The fourth-order valence-electron chi connectivity index (χ4n) is 2.72. The number of aromatic nitrogens is 1. The van der Waals surface area contributed by atoms with Crippen LogP contribution in [-0.2, 0) is 4.79 Å². The van der Waals surface area contributed by atoms with Crippen LogP contribution in [0.4, 0.5) is 20.6 Å². The summed E-state index contributed by atoms with van der Waals surface area (Å²) in [5, 5.41) is 16.2.